The van der Waals surface area contributed by atoms with Gasteiger partial charge in [-0.25, -0.2) is 9.97 Å². The Morgan fingerprint density at radius 1 is 1.19 bits per heavy atom. The van der Waals surface area contributed by atoms with Crippen LogP contribution in [-0.4, -0.2) is 36.7 Å². The second-order valence-electron chi connectivity index (χ2n) is 7.21. The van der Waals surface area contributed by atoms with Crippen LogP contribution in [0.25, 0.3) is 17.3 Å². The van der Waals surface area contributed by atoms with Crippen molar-refractivity contribution in [1.29, 1.82) is 0 Å². The summed E-state index contributed by atoms with van der Waals surface area (Å²) in [7, 11) is 0. The van der Waals surface area contributed by atoms with E-state index in [9.17, 15) is 4.79 Å². The van der Waals surface area contributed by atoms with E-state index in [-0.39, 0.29) is 12.0 Å². The van der Waals surface area contributed by atoms with Gasteiger partial charge in [0.05, 0.1) is 6.10 Å². The molecular formula is C22H22N6O3. The summed E-state index contributed by atoms with van der Waals surface area (Å²) in [6.07, 6.45) is 4.92. The first-order valence-corrected chi connectivity index (χ1v) is 9.83. The van der Waals surface area contributed by atoms with Gasteiger partial charge in [0.25, 0.3) is 11.8 Å². The predicted octanol–water partition coefficient (Wildman–Crippen LogP) is 3.34. The highest BCUT2D eigenvalue weighted by molar-refractivity contribution is 5.92. The summed E-state index contributed by atoms with van der Waals surface area (Å²) in [5.41, 5.74) is 1.99. The molecular weight excluding hydrogens is 396 g/mol. The van der Waals surface area contributed by atoms with Gasteiger partial charge in [0.2, 0.25) is 0 Å². The third kappa shape index (κ3) is 4.95. The number of carbonyl (C=O) groups is 1. The second kappa shape index (κ2) is 8.78. The molecule has 0 bridgehead atoms. The Labute approximate surface area is 179 Å². The van der Waals surface area contributed by atoms with Crippen LogP contribution in [-0.2, 0) is 6.54 Å². The largest absolute Gasteiger partial charge is 0.491 e. The van der Waals surface area contributed by atoms with Crippen molar-refractivity contribution in [2.45, 2.75) is 33.4 Å². The number of aryl methyl sites for hydroxylation is 1. The summed E-state index contributed by atoms with van der Waals surface area (Å²) in [5, 5.41) is 6.67. The molecule has 1 aromatic carbocycles. The Kier molecular flexibility index (Phi) is 5.74. The normalized spacial score (nSPS) is 11.0. The monoisotopic (exact) mass is 418 g/mol. The third-order valence-electron chi connectivity index (χ3n) is 4.35. The number of pyridine rings is 1. The van der Waals surface area contributed by atoms with Gasteiger partial charge in [0.1, 0.15) is 23.6 Å². The molecule has 4 aromatic rings. The van der Waals surface area contributed by atoms with Crippen molar-refractivity contribution in [2.24, 2.45) is 0 Å². The molecule has 0 spiro atoms. The summed E-state index contributed by atoms with van der Waals surface area (Å²) in [6, 6.07) is 11.2. The molecule has 0 saturated carbocycles. The van der Waals surface area contributed by atoms with E-state index in [0.717, 1.165) is 16.9 Å². The maximum atomic E-state index is 12.5. The van der Waals surface area contributed by atoms with E-state index in [1.54, 1.807) is 36.0 Å². The average Bonchev–Trinajstić information content (AvgIpc) is 3.42. The Morgan fingerprint density at radius 3 is 2.71 bits per heavy atom. The van der Waals surface area contributed by atoms with Gasteiger partial charge >= 0.3 is 0 Å². The van der Waals surface area contributed by atoms with Gasteiger partial charge in [-0.1, -0.05) is 17.3 Å². The van der Waals surface area contributed by atoms with Crippen molar-refractivity contribution in [2.75, 3.05) is 0 Å². The number of nitrogens with one attached hydrogen (secondary N) is 1. The molecule has 0 aliphatic carbocycles. The van der Waals surface area contributed by atoms with Crippen LogP contribution in [0.2, 0.25) is 0 Å². The van der Waals surface area contributed by atoms with Crippen molar-refractivity contribution in [3.8, 4) is 23.0 Å². The molecule has 158 valence electrons. The molecule has 0 fully saturated rings. The number of ether oxygens (including phenoxy) is 1. The van der Waals surface area contributed by atoms with E-state index in [2.05, 4.69) is 25.4 Å². The molecule has 0 aliphatic heterocycles. The molecule has 0 unspecified atom stereocenters. The number of hydrogen-bond acceptors (Lipinski definition) is 7. The Balaban J connectivity index is 1.41. The molecule has 9 nitrogen and oxygen atoms in total. The molecule has 3 aromatic heterocycles. The van der Waals surface area contributed by atoms with Crippen LogP contribution in [0.5, 0.6) is 5.75 Å². The molecule has 0 radical (unpaired) electrons. The summed E-state index contributed by atoms with van der Waals surface area (Å²) < 4.78 is 12.5. The minimum absolute atomic E-state index is 0.118. The van der Waals surface area contributed by atoms with Gasteiger partial charge in [-0.2, -0.15) is 4.98 Å². The zero-order valence-electron chi connectivity index (χ0n) is 17.4. The number of hydrogen-bond donors (Lipinski definition) is 1. The number of benzene rings is 1. The van der Waals surface area contributed by atoms with E-state index in [0.29, 0.717) is 29.8 Å². The van der Waals surface area contributed by atoms with E-state index >= 15 is 0 Å². The van der Waals surface area contributed by atoms with Crippen molar-refractivity contribution in [1.82, 2.24) is 30.0 Å². The molecule has 1 N–H and O–H groups in total. The highest BCUT2D eigenvalue weighted by atomic mass is 16.5. The van der Waals surface area contributed by atoms with Crippen LogP contribution in [0.15, 0.2) is 59.6 Å². The molecule has 1 amide bonds. The smallest absolute Gasteiger partial charge is 0.271 e. The van der Waals surface area contributed by atoms with Gasteiger partial charge < -0.3 is 14.6 Å². The molecule has 0 aliphatic rings. The predicted molar refractivity (Wildman–Crippen MR) is 113 cm³/mol. The Morgan fingerprint density at radius 2 is 2.00 bits per heavy atom. The number of amides is 1. The first-order valence-electron chi connectivity index (χ1n) is 9.83. The minimum atomic E-state index is -0.273. The van der Waals surface area contributed by atoms with Crippen LogP contribution in [0.1, 0.15) is 35.7 Å². The van der Waals surface area contributed by atoms with Crippen LogP contribution < -0.4 is 10.1 Å². The number of rotatable bonds is 7. The van der Waals surface area contributed by atoms with Crippen LogP contribution in [0, 0.1) is 6.92 Å². The fraction of sp³-hybridized carbons (Fsp3) is 0.227. The maximum absolute atomic E-state index is 12.5. The molecule has 3 heterocycles. The van der Waals surface area contributed by atoms with Gasteiger partial charge in [0, 0.05) is 24.5 Å². The lowest BCUT2D eigenvalue weighted by atomic mass is 10.2. The molecule has 0 saturated heterocycles. The molecule has 4 rings (SSSR count). The Hall–Kier alpha value is -4.01. The lowest BCUT2D eigenvalue weighted by Gasteiger charge is -2.10. The SMILES string of the molecule is Cc1noc(-c2ccnc(-n3cnc(C(=O)NCc4ccc(OC(C)C)cc4)c3)c2)n1. The van der Waals surface area contributed by atoms with Gasteiger partial charge in [0.15, 0.2) is 5.82 Å². The summed E-state index contributed by atoms with van der Waals surface area (Å²) in [4.78, 5) is 25.2. The van der Waals surface area contributed by atoms with Crippen LogP contribution in [0.4, 0.5) is 0 Å². The van der Waals surface area contributed by atoms with Crippen LogP contribution >= 0.6 is 0 Å². The van der Waals surface area contributed by atoms with Crippen molar-refractivity contribution in [3.63, 3.8) is 0 Å². The van der Waals surface area contributed by atoms with Crippen LogP contribution in [0.3, 0.4) is 0 Å². The first kappa shape index (κ1) is 20.3. The Bertz CT molecular complexity index is 1180. The second-order valence-corrected chi connectivity index (χ2v) is 7.21. The third-order valence-corrected chi connectivity index (χ3v) is 4.35. The number of nitrogens with zero attached hydrogens (tertiary/aromatic N) is 5. The maximum Gasteiger partial charge on any atom is 0.271 e. The summed E-state index contributed by atoms with van der Waals surface area (Å²) in [6.45, 7) is 6.09. The fourth-order valence-corrected chi connectivity index (χ4v) is 2.90. The lowest BCUT2D eigenvalue weighted by molar-refractivity contribution is 0.0946. The van der Waals surface area contributed by atoms with Gasteiger partial charge in [-0.3, -0.25) is 9.36 Å². The standard InChI is InChI=1S/C22H22N6O3/c1-14(2)30-18-6-4-16(5-7-18)11-24-21(29)19-12-28(13-25-19)20-10-17(8-9-23-20)22-26-15(3)27-31-22/h4-10,12-14H,11H2,1-3H3,(H,24,29). The zero-order valence-corrected chi connectivity index (χ0v) is 17.4. The minimum Gasteiger partial charge on any atom is -0.491 e. The highest BCUT2D eigenvalue weighted by Crippen LogP contribution is 2.19. The van der Waals surface area contributed by atoms with Crippen molar-refractivity contribution < 1.29 is 14.1 Å². The average molecular weight is 418 g/mol. The van der Waals surface area contributed by atoms with E-state index in [4.69, 9.17) is 9.26 Å². The van der Waals surface area contributed by atoms with Gasteiger partial charge in [-0.15, -0.1) is 0 Å². The van der Waals surface area contributed by atoms with E-state index < -0.39 is 0 Å². The van der Waals surface area contributed by atoms with Crippen molar-refractivity contribution >= 4 is 5.91 Å². The molecule has 0 atom stereocenters. The zero-order chi connectivity index (χ0) is 21.8. The van der Waals surface area contributed by atoms with Gasteiger partial charge in [-0.05, 0) is 50.6 Å². The summed E-state index contributed by atoms with van der Waals surface area (Å²) >= 11 is 0. The number of imidazole rings is 1. The molecule has 9 heteroatoms. The first-order chi connectivity index (χ1) is 15.0. The van der Waals surface area contributed by atoms with Crippen molar-refractivity contribution in [3.05, 3.63) is 72.2 Å². The fourth-order valence-electron chi connectivity index (χ4n) is 2.90. The van der Waals surface area contributed by atoms with E-state index in [1.165, 1.54) is 6.33 Å². The number of carbonyl (C=O) groups excluding carboxylic acids is 1. The lowest BCUT2D eigenvalue weighted by Crippen LogP contribution is -2.23. The summed E-state index contributed by atoms with van der Waals surface area (Å²) in [5.74, 6) is 2.07. The molecule has 31 heavy (non-hydrogen) atoms. The quantitative estimate of drug-likeness (QED) is 0.490. The highest BCUT2D eigenvalue weighted by Gasteiger charge is 2.12. The van der Waals surface area contributed by atoms with E-state index in [1.807, 2.05) is 38.1 Å². The topological polar surface area (TPSA) is 108 Å². The number of aromatic nitrogens is 5.